The zero-order valence-electron chi connectivity index (χ0n) is 11.1. The van der Waals surface area contributed by atoms with Gasteiger partial charge in [0, 0.05) is 11.6 Å². The molecule has 0 fully saturated rings. The van der Waals surface area contributed by atoms with Crippen molar-refractivity contribution in [1.29, 1.82) is 0 Å². The highest BCUT2D eigenvalue weighted by molar-refractivity contribution is 5.90. The van der Waals surface area contributed by atoms with Gasteiger partial charge in [-0.1, -0.05) is 6.07 Å². The summed E-state index contributed by atoms with van der Waals surface area (Å²) in [7, 11) is 1.41. The van der Waals surface area contributed by atoms with Crippen LogP contribution in [0, 0.1) is 11.6 Å². The molecule has 2 aromatic carbocycles. The fourth-order valence-corrected chi connectivity index (χ4v) is 1.75. The molecule has 2 rings (SSSR count). The molecule has 4 nitrogen and oxygen atoms in total. The van der Waals surface area contributed by atoms with Gasteiger partial charge in [-0.3, -0.25) is 0 Å². The molecule has 2 aromatic rings. The minimum absolute atomic E-state index is 0.162. The first-order chi connectivity index (χ1) is 10.0. The van der Waals surface area contributed by atoms with Gasteiger partial charge in [-0.05, 0) is 24.3 Å². The Morgan fingerprint density at radius 2 is 1.95 bits per heavy atom. The lowest BCUT2D eigenvalue weighted by molar-refractivity contribution is 0.0690. The number of benzene rings is 2. The Morgan fingerprint density at radius 3 is 2.57 bits per heavy atom. The molecule has 6 heteroatoms. The second-order valence-electron chi connectivity index (χ2n) is 4.17. The van der Waals surface area contributed by atoms with Crippen molar-refractivity contribution in [2.75, 3.05) is 7.11 Å². The first-order valence-electron chi connectivity index (χ1n) is 6.00. The van der Waals surface area contributed by atoms with Crippen LogP contribution in [0.4, 0.5) is 8.78 Å². The number of halogens is 2. The number of para-hydroxylation sites is 1. The summed E-state index contributed by atoms with van der Waals surface area (Å²) in [5.74, 6) is -2.79. The summed E-state index contributed by atoms with van der Waals surface area (Å²) in [5, 5.41) is 8.97. The fourth-order valence-electron chi connectivity index (χ4n) is 1.75. The number of carboxylic acid groups (broad SMARTS) is 1. The van der Waals surface area contributed by atoms with E-state index in [4.69, 9.17) is 14.6 Å². The molecule has 110 valence electrons. The number of rotatable bonds is 5. The van der Waals surface area contributed by atoms with E-state index >= 15 is 0 Å². The van der Waals surface area contributed by atoms with Crippen LogP contribution in [0.25, 0.3) is 0 Å². The van der Waals surface area contributed by atoms with Crippen LogP contribution in [0.2, 0.25) is 0 Å². The molecule has 0 radical (unpaired) electrons. The summed E-state index contributed by atoms with van der Waals surface area (Å²) < 4.78 is 37.4. The lowest BCUT2D eigenvalue weighted by Crippen LogP contribution is -2.06. The zero-order valence-corrected chi connectivity index (χ0v) is 11.1. The second-order valence-corrected chi connectivity index (χ2v) is 4.17. The number of carbonyl (C=O) groups is 1. The number of hydrogen-bond acceptors (Lipinski definition) is 3. The van der Waals surface area contributed by atoms with E-state index in [2.05, 4.69) is 0 Å². The number of carboxylic acids is 1. The molecule has 0 aliphatic carbocycles. The Hall–Kier alpha value is -2.63. The third kappa shape index (κ3) is 3.28. The Labute approximate surface area is 119 Å². The fraction of sp³-hybridized carbons (Fsp3) is 0.133. The van der Waals surface area contributed by atoms with Gasteiger partial charge in [0.25, 0.3) is 0 Å². The Bertz CT molecular complexity index is 671. The molecule has 0 heterocycles. The van der Waals surface area contributed by atoms with E-state index in [0.717, 1.165) is 12.1 Å². The largest absolute Gasteiger partial charge is 0.497 e. The minimum Gasteiger partial charge on any atom is -0.497 e. The quantitative estimate of drug-likeness (QED) is 0.919. The molecule has 0 saturated heterocycles. The van der Waals surface area contributed by atoms with E-state index < -0.39 is 23.4 Å². The van der Waals surface area contributed by atoms with Crippen LogP contribution < -0.4 is 9.47 Å². The summed E-state index contributed by atoms with van der Waals surface area (Å²) >= 11 is 0. The normalized spacial score (nSPS) is 10.2. The van der Waals surface area contributed by atoms with Gasteiger partial charge in [-0.15, -0.1) is 0 Å². The molecular weight excluding hydrogens is 282 g/mol. The van der Waals surface area contributed by atoms with Gasteiger partial charge in [0.15, 0.2) is 11.6 Å². The number of ether oxygens (including phenoxy) is 2. The predicted molar refractivity (Wildman–Crippen MR) is 70.6 cm³/mol. The Morgan fingerprint density at radius 1 is 1.19 bits per heavy atom. The monoisotopic (exact) mass is 294 g/mol. The van der Waals surface area contributed by atoms with Crippen LogP contribution in [0.5, 0.6) is 11.5 Å². The minimum atomic E-state index is -1.32. The maximum absolute atomic E-state index is 13.7. The third-order valence-electron chi connectivity index (χ3n) is 2.83. The molecule has 0 aliphatic heterocycles. The van der Waals surface area contributed by atoms with Crippen molar-refractivity contribution in [3.63, 3.8) is 0 Å². The van der Waals surface area contributed by atoms with E-state index in [1.807, 2.05) is 0 Å². The summed E-state index contributed by atoms with van der Waals surface area (Å²) in [4.78, 5) is 11.0. The molecule has 0 aromatic heterocycles. The highest BCUT2D eigenvalue weighted by Crippen LogP contribution is 2.25. The number of aromatic carboxylic acids is 1. The average molecular weight is 294 g/mol. The van der Waals surface area contributed by atoms with Crippen molar-refractivity contribution in [3.8, 4) is 11.5 Å². The molecule has 21 heavy (non-hydrogen) atoms. The molecule has 0 atom stereocenters. The maximum atomic E-state index is 13.7. The van der Waals surface area contributed by atoms with Gasteiger partial charge in [0.05, 0.1) is 7.11 Å². The zero-order chi connectivity index (χ0) is 15.4. The number of hydrogen-bond donors (Lipinski definition) is 1. The molecule has 0 saturated carbocycles. The van der Waals surface area contributed by atoms with E-state index in [-0.39, 0.29) is 17.7 Å². The lowest BCUT2D eigenvalue weighted by Gasteiger charge is -2.11. The van der Waals surface area contributed by atoms with Crippen molar-refractivity contribution in [2.24, 2.45) is 0 Å². The van der Waals surface area contributed by atoms with Gasteiger partial charge in [0.2, 0.25) is 0 Å². The van der Waals surface area contributed by atoms with Crippen LogP contribution in [0.3, 0.4) is 0 Å². The summed E-state index contributed by atoms with van der Waals surface area (Å²) in [6, 6.07) is 7.67. The topological polar surface area (TPSA) is 55.8 Å². The highest BCUT2D eigenvalue weighted by Gasteiger charge is 2.16. The molecule has 0 aliphatic rings. The van der Waals surface area contributed by atoms with Crippen LogP contribution in [0.15, 0.2) is 36.4 Å². The van der Waals surface area contributed by atoms with Gasteiger partial charge in [-0.25, -0.2) is 13.6 Å². The van der Waals surface area contributed by atoms with Gasteiger partial charge in [-0.2, -0.15) is 0 Å². The predicted octanol–water partition coefficient (Wildman–Crippen LogP) is 3.25. The first kappa shape index (κ1) is 14.8. The van der Waals surface area contributed by atoms with Crippen molar-refractivity contribution >= 4 is 5.97 Å². The van der Waals surface area contributed by atoms with Crippen molar-refractivity contribution < 1.29 is 28.2 Å². The van der Waals surface area contributed by atoms with E-state index in [1.165, 1.54) is 31.4 Å². The standard InChI is InChI=1S/C15H12F2O4/c1-20-10-6-5-9(13(17)7-10)8-21-14-11(15(18)19)3-2-4-12(14)16/h2-7H,8H2,1H3,(H,18,19). The Balaban J connectivity index is 2.22. The van der Waals surface area contributed by atoms with E-state index in [9.17, 15) is 13.6 Å². The summed E-state index contributed by atoms with van der Waals surface area (Å²) in [6.45, 7) is -0.295. The highest BCUT2D eigenvalue weighted by atomic mass is 19.1. The van der Waals surface area contributed by atoms with Crippen LogP contribution >= 0.6 is 0 Å². The van der Waals surface area contributed by atoms with Gasteiger partial charge in [0.1, 0.15) is 23.7 Å². The van der Waals surface area contributed by atoms with E-state index in [0.29, 0.717) is 5.75 Å². The molecule has 0 amide bonds. The van der Waals surface area contributed by atoms with E-state index in [1.54, 1.807) is 0 Å². The summed E-state index contributed by atoms with van der Waals surface area (Å²) in [5.41, 5.74) is -0.153. The molecule has 0 spiro atoms. The smallest absolute Gasteiger partial charge is 0.339 e. The van der Waals surface area contributed by atoms with Crippen LogP contribution in [0.1, 0.15) is 15.9 Å². The molecule has 1 N–H and O–H groups in total. The Kier molecular flexibility index (Phi) is 4.37. The molecule has 0 unspecified atom stereocenters. The average Bonchev–Trinajstić information content (AvgIpc) is 2.46. The lowest BCUT2D eigenvalue weighted by atomic mass is 10.2. The van der Waals surface area contributed by atoms with Gasteiger partial charge >= 0.3 is 5.97 Å². The molecule has 0 bridgehead atoms. The van der Waals surface area contributed by atoms with Crippen molar-refractivity contribution in [1.82, 2.24) is 0 Å². The SMILES string of the molecule is COc1ccc(COc2c(F)cccc2C(=O)O)c(F)c1. The summed E-state index contributed by atoms with van der Waals surface area (Å²) in [6.07, 6.45) is 0. The first-order valence-corrected chi connectivity index (χ1v) is 6.00. The molecular formula is C15H12F2O4. The van der Waals surface area contributed by atoms with Crippen LogP contribution in [-0.2, 0) is 6.61 Å². The number of methoxy groups -OCH3 is 1. The third-order valence-corrected chi connectivity index (χ3v) is 2.83. The maximum Gasteiger partial charge on any atom is 0.339 e. The van der Waals surface area contributed by atoms with Crippen LogP contribution in [-0.4, -0.2) is 18.2 Å². The van der Waals surface area contributed by atoms with Crippen molar-refractivity contribution in [3.05, 3.63) is 59.2 Å². The van der Waals surface area contributed by atoms with Gasteiger partial charge < -0.3 is 14.6 Å². The second kappa shape index (κ2) is 6.21. The van der Waals surface area contributed by atoms with Crippen molar-refractivity contribution in [2.45, 2.75) is 6.61 Å².